The number of sulfonamides is 1. The Bertz CT molecular complexity index is 823. The zero-order valence-electron chi connectivity index (χ0n) is 11.8. The number of hydrogen-bond donors (Lipinski definition) is 1. The molecule has 1 saturated heterocycles. The SMILES string of the molecule is O=C(NC1=NCCS1)c1ccc(Cl)c(N2C(=O)CCS2(=O)=O)c1. The number of nitrogens with one attached hydrogen (secondary N) is 1. The minimum atomic E-state index is -3.74. The first-order valence-corrected chi connectivity index (χ1v) is 9.70. The van der Waals surface area contributed by atoms with Gasteiger partial charge in [-0.15, -0.1) is 0 Å². The van der Waals surface area contributed by atoms with Crippen molar-refractivity contribution in [3.63, 3.8) is 0 Å². The maximum atomic E-state index is 12.2. The van der Waals surface area contributed by atoms with Crippen LogP contribution in [0.15, 0.2) is 23.2 Å². The second-order valence-electron chi connectivity index (χ2n) is 4.88. The van der Waals surface area contributed by atoms with Gasteiger partial charge in [-0.25, -0.2) is 12.7 Å². The molecule has 0 saturated carbocycles. The Morgan fingerprint density at radius 3 is 2.78 bits per heavy atom. The fraction of sp³-hybridized carbons (Fsp3) is 0.308. The van der Waals surface area contributed by atoms with E-state index in [1.165, 1.54) is 30.0 Å². The molecular formula is C13H12ClN3O4S2. The monoisotopic (exact) mass is 373 g/mol. The normalized spacial score (nSPS) is 19.8. The van der Waals surface area contributed by atoms with Gasteiger partial charge in [-0.05, 0) is 18.2 Å². The highest BCUT2D eigenvalue weighted by atomic mass is 35.5. The molecule has 0 unspecified atom stereocenters. The smallest absolute Gasteiger partial charge is 0.257 e. The van der Waals surface area contributed by atoms with Gasteiger partial charge in [-0.1, -0.05) is 23.4 Å². The Kier molecular flexibility index (Phi) is 4.35. The Balaban J connectivity index is 1.93. The van der Waals surface area contributed by atoms with Crippen molar-refractivity contribution >= 4 is 56.1 Å². The van der Waals surface area contributed by atoms with Crippen molar-refractivity contribution in [1.29, 1.82) is 0 Å². The quantitative estimate of drug-likeness (QED) is 0.841. The van der Waals surface area contributed by atoms with Crippen LogP contribution in [0.2, 0.25) is 5.02 Å². The van der Waals surface area contributed by atoms with Crippen LogP contribution in [0.1, 0.15) is 16.8 Å². The predicted molar refractivity (Wildman–Crippen MR) is 89.6 cm³/mol. The fourth-order valence-electron chi connectivity index (χ4n) is 2.24. The zero-order chi connectivity index (χ0) is 16.6. The lowest BCUT2D eigenvalue weighted by Crippen LogP contribution is -2.31. The summed E-state index contributed by atoms with van der Waals surface area (Å²) in [6, 6.07) is 4.17. The third-order valence-corrected chi connectivity index (χ3v) is 6.20. The minimum absolute atomic E-state index is 0.00262. The summed E-state index contributed by atoms with van der Waals surface area (Å²) in [6.45, 7) is 0.646. The number of benzene rings is 1. The van der Waals surface area contributed by atoms with Gasteiger partial charge in [-0.3, -0.25) is 14.6 Å². The number of amides is 2. The first-order valence-electron chi connectivity index (χ1n) is 6.72. The second-order valence-corrected chi connectivity index (χ2v) is 8.31. The molecule has 7 nitrogen and oxygen atoms in total. The van der Waals surface area contributed by atoms with Crippen LogP contribution in [0.3, 0.4) is 0 Å². The minimum Gasteiger partial charge on any atom is -0.301 e. The van der Waals surface area contributed by atoms with Gasteiger partial charge in [0.25, 0.3) is 5.91 Å². The molecule has 1 aromatic carbocycles. The van der Waals surface area contributed by atoms with E-state index < -0.39 is 21.8 Å². The van der Waals surface area contributed by atoms with Gasteiger partial charge in [0.15, 0.2) is 5.17 Å². The lowest BCUT2D eigenvalue weighted by Gasteiger charge is -2.17. The molecule has 122 valence electrons. The Morgan fingerprint density at radius 1 is 1.39 bits per heavy atom. The highest BCUT2D eigenvalue weighted by molar-refractivity contribution is 8.14. The summed E-state index contributed by atoms with van der Waals surface area (Å²) in [4.78, 5) is 28.2. The number of carbonyl (C=O) groups excluding carboxylic acids is 2. The molecule has 0 bridgehead atoms. The van der Waals surface area contributed by atoms with Crippen LogP contribution >= 0.6 is 23.4 Å². The average Bonchev–Trinajstić information content (AvgIpc) is 3.08. The molecule has 2 amide bonds. The number of rotatable bonds is 2. The summed E-state index contributed by atoms with van der Waals surface area (Å²) >= 11 is 7.46. The Morgan fingerprint density at radius 2 is 2.17 bits per heavy atom. The molecule has 0 aromatic heterocycles. The van der Waals surface area contributed by atoms with E-state index in [4.69, 9.17) is 11.6 Å². The number of halogens is 1. The van der Waals surface area contributed by atoms with Gasteiger partial charge in [0.2, 0.25) is 15.9 Å². The third kappa shape index (κ3) is 3.22. The molecule has 1 N–H and O–H groups in total. The lowest BCUT2D eigenvalue weighted by atomic mass is 10.2. The fourth-order valence-corrected chi connectivity index (χ4v) is 4.68. The molecule has 23 heavy (non-hydrogen) atoms. The van der Waals surface area contributed by atoms with E-state index in [-0.39, 0.29) is 28.4 Å². The number of anilines is 1. The van der Waals surface area contributed by atoms with Gasteiger partial charge in [0.05, 0.1) is 23.0 Å². The van der Waals surface area contributed by atoms with Crippen LogP contribution in [0.5, 0.6) is 0 Å². The standard InChI is InChI=1S/C13H12ClN3O4S2/c14-9-2-1-8(12(19)16-13-15-4-5-22-13)7-10(9)17-11(18)3-6-23(17,20)21/h1-2,7H,3-6H2,(H,15,16,19). The summed E-state index contributed by atoms with van der Waals surface area (Å²) in [7, 11) is -3.74. The average molecular weight is 374 g/mol. The van der Waals surface area contributed by atoms with Crippen molar-refractivity contribution in [3.05, 3.63) is 28.8 Å². The maximum Gasteiger partial charge on any atom is 0.257 e. The summed E-state index contributed by atoms with van der Waals surface area (Å²) in [5, 5.41) is 3.26. The van der Waals surface area contributed by atoms with Crippen molar-refractivity contribution in [1.82, 2.24) is 5.32 Å². The van der Waals surface area contributed by atoms with Gasteiger partial charge >= 0.3 is 0 Å². The van der Waals surface area contributed by atoms with E-state index in [0.717, 1.165) is 5.75 Å². The maximum absolute atomic E-state index is 12.2. The molecule has 1 fully saturated rings. The lowest BCUT2D eigenvalue weighted by molar-refractivity contribution is -0.116. The molecule has 1 aromatic rings. The van der Waals surface area contributed by atoms with Crippen LogP contribution in [0.4, 0.5) is 5.69 Å². The number of amidine groups is 1. The first-order chi connectivity index (χ1) is 10.9. The van der Waals surface area contributed by atoms with Gasteiger partial charge in [0.1, 0.15) is 0 Å². The van der Waals surface area contributed by atoms with Crippen LogP contribution in [-0.4, -0.2) is 43.5 Å². The molecule has 0 atom stereocenters. The Hall–Kier alpha value is -1.58. The van der Waals surface area contributed by atoms with Crippen LogP contribution in [0.25, 0.3) is 0 Å². The highest BCUT2D eigenvalue weighted by Crippen LogP contribution is 2.32. The molecule has 2 aliphatic heterocycles. The van der Waals surface area contributed by atoms with Gasteiger partial charge in [-0.2, -0.15) is 0 Å². The molecule has 0 spiro atoms. The largest absolute Gasteiger partial charge is 0.301 e. The van der Waals surface area contributed by atoms with Crippen molar-refractivity contribution in [2.24, 2.45) is 4.99 Å². The van der Waals surface area contributed by atoms with Gasteiger partial charge < -0.3 is 5.32 Å². The van der Waals surface area contributed by atoms with E-state index in [0.29, 0.717) is 16.0 Å². The zero-order valence-corrected chi connectivity index (χ0v) is 14.2. The molecule has 0 radical (unpaired) electrons. The molecule has 3 rings (SSSR count). The van der Waals surface area contributed by atoms with Crippen molar-refractivity contribution < 1.29 is 18.0 Å². The third-order valence-electron chi connectivity index (χ3n) is 3.31. The van der Waals surface area contributed by atoms with E-state index in [1.807, 2.05) is 0 Å². The summed E-state index contributed by atoms with van der Waals surface area (Å²) < 4.78 is 24.7. The number of aliphatic imine (C=N–C) groups is 1. The summed E-state index contributed by atoms with van der Waals surface area (Å²) in [5.41, 5.74) is 0.206. The molecule has 2 heterocycles. The number of nitrogens with zero attached hydrogens (tertiary/aromatic N) is 2. The predicted octanol–water partition coefficient (Wildman–Crippen LogP) is 1.24. The van der Waals surface area contributed by atoms with Crippen LogP contribution in [0, 0.1) is 0 Å². The van der Waals surface area contributed by atoms with E-state index in [1.54, 1.807) is 0 Å². The number of hydrogen-bond acceptors (Lipinski definition) is 6. The first kappa shape index (κ1) is 16.3. The van der Waals surface area contributed by atoms with Gasteiger partial charge in [0, 0.05) is 17.7 Å². The topological polar surface area (TPSA) is 95.9 Å². The molecule has 2 aliphatic rings. The van der Waals surface area contributed by atoms with E-state index in [2.05, 4.69) is 10.3 Å². The Labute approximate surface area is 142 Å². The number of thioether (sulfide) groups is 1. The van der Waals surface area contributed by atoms with E-state index in [9.17, 15) is 18.0 Å². The molecule has 0 aliphatic carbocycles. The van der Waals surface area contributed by atoms with Crippen LogP contribution < -0.4 is 9.62 Å². The second kappa shape index (κ2) is 6.14. The van der Waals surface area contributed by atoms with Crippen molar-refractivity contribution in [2.75, 3.05) is 22.4 Å². The highest BCUT2D eigenvalue weighted by Gasteiger charge is 2.37. The molecule has 10 heteroatoms. The van der Waals surface area contributed by atoms with Crippen LogP contribution in [-0.2, 0) is 14.8 Å². The van der Waals surface area contributed by atoms with E-state index >= 15 is 0 Å². The summed E-state index contributed by atoms with van der Waals surface area (Å²) in [5.74, 6) is -0.436. The molecular weight excluding hydrogens is 362 g/mol. The summed E-state index contributed by atoms with van der Waals surface area (Å²) in [6.07, 6.45) is -0.0947. The van der Waals surface area contributed by atoms with Crippen molar-refractivity contribution in [2.45, 2.75) is 6.42 Å². The van der Waals surface area contributed by atoms with Crippen molar-refractivity contribution in [3.8, 4) is 0 Å². The number of carbonyl (C=O) groups is 2.